The molecule has 0 bridgehead atoms. The summed E-state index contributed by atoms with van der Waals surface area (Å²) < 4.78 is 0. The van der Waals surface area contributed by atoms with Crippen molar-refractivity contribution in [3.63, 3.8) is 0 Å². The van der Waals surface area contributed by atoms with Gasteiger partial charge in [-0.05, 0) is 38.3 Å². The molecule has 6 nitrogen and oxygen atoms in total. The van der Waals surface area contributed by atoms with Crippen molar-refractivity contribution in [2.45, 2.75) is 19.8 Å². The molecule has 1 aromatic rings. The lowest BCUT2D eigenvalue weighted by atomic mass is 10.2. The number of hydrogen-bond donors (Lipinski definition) is 2. The molecule has 0 aliphatic heterocycles. The van der Waals surface area contributed by atoms with E-state index in [4.69, 9.17) is 0 Å². The van der Waals surface area contributed by atoms with Gasteiger partial charge in [0.1, 0.15) is 0 Å². The third kappa shape index (κ3) is 4.03. The summed E-state index contributed by atoms with van der Waals surface area (Å²) in [5.74, 6) is 0.534. The van der Waals surface area contributed by atoms with Crippen LogP contribution in [0.2, 0.25) is 0 Å². The zero-order chi connectivity index (χ0) is 13.8. The van der Waals surface area contributed by atoms with Crippen molar-refractivity contribution in [2.75, 3.05) is 18.4 Å². The molecule has 1 aliphatic carbocycles. The third-order valence-electron chi connectivity index (χ3n) is 3.11. The summed E-state index contributed by atoms with van der Waals surface area (Å²) in [6.45, 7) is 2.76. The molecule has 1 saturated carbocycles. The number of hydrogen-bond acceptors (Lipinski definition) is 4. The number of nitrogens with one attached hydrogen (secondary N) is 2. The van der Waals surface area contributed by atoms with E-state index in [2.05, 4.69) is 10.6 Å². The molecule has 19 heavy (non-hydrogen) atoms. The number of nitro benzene ring substituents is 1. The van der Waals surface area contributed by atoms with E-state index in [9.17, 15) is 14.9 Å². The lowest BCUT2D eigenvalue weighted by molar-refractivity contribution is -0.385. The predicted molar refractivity (Wildman–Crippen MR) is 72.1 cm³/mol. The molecule has 2 rings (SSSR count). The average Bonchev–Trinajstić information content (AvgIpc) is 3.15. The van der Waals surface area contributed by atoms with Gasteiger partial charge in [-0.1, -0.05) is 6.07 Å². The maximum Gasteiger partial charge on any atom is 0.274 e. The Bertz CT molecular complexity index is 498. The van der Waals surface area contributed by atoms with Gasteiger partial charge in [0.2, 0.25) is 5.91 Å². The van der Waals surface area contributed by atoms with Gasteiger partial charge in [-0.25, -0.2) is 0 Å². The molecule has 0 unspecified atom stereocenters. The summed E-state index contributed by atoms with van der Waals surface area (Å²) in [4.78, 5) is 22.0. The first kappa shape index (κ1) is 13.5. The summed E-state index contributed by atoms with van der Waals surface area (Å²) in [6, 6.07) is 4.68. The van der Waals surface area contributed by atoms with Crippen molar-refractivity contribution in [1.29, 1.82) is 0 Å². The molecule has 0 radical (unpaired) electrons. The van der Waals surface area contributed by atoms with Gasteiger partial charge in [0.05, 0.1) is 11.5 Å². The second kappa shape index (κ2) is 5.79. The van der Waals surface area contributed by atoms with Crippen molar-refractivity contribution < 1.29 is 9.72 Å². The molecule has 1 aromatic carbocycles. The normalized spacial score (nSPS) is 14.2. The Morgan fingerprint density at radius 1 is 1.47 bits per heavy atom. The molecule has 0 heterocycles. The van der Waals surface area contributed by atoms with Crippen LogP contribution < -0.4 is 10.6 Å². The number of rotatable bonds is 6. The van der Waals surface area contributed by atoms with Crippen LogP contribution in [-0.4, -0.2) is 23.9 Å². The molecule has 0 atom stereocenters. The lowest BCUT2D eigenvalue weighted by Gasteiger charge is -2.07. The Kier molecular flexibility index (Phi) is 4.11. The molecule has 1 fully saturated rings. The van der Waals surface area contributed by atoms with Crippen molar-refractivity contribution >= 4 is 17.3 Å². The summed E-state index contributed by atoms with van der Waals surface area (Å²) in [6.07, 6.45) is 2.47. The van der Waals surface area contributed by atoms with Crippen LogP contribution in [0.15, 0.2) is 18.2 Å². The highest BCUT2D eigenvalue weighted by atomic mass is 16.6. The minimum atomic E-state index is -0.448. The Morgan fingerprint density at radius 3 is 2.84 bits per heavy atom. The number of benzene rings is 1. The Balaban J connectivity index is 1.88. The highest BCUT2D eigenvalue weighted by molar-refractivity contribution is 5.92. The van der Waals surface area contributed by atoms with Gasteiger partial charge in [0.15, 0.2) is 0 Å². The Morgan fingerprint density at radius 2 is 2.21 bits per heavy atom. The van der Waals surface area contributed by atoms with E-state index in [0.717, 1.165) is 6.54 Å². The average molecular weight is 263 g/mol. The number of carbonyl (C=O) groups is 1. The van der Waals surface area contributed by atoms with Gasteiger partial charge in [-0.3, -0.25) is 14.9 Å². The molecule has 1 amide bonds. The quantitative estimate of drug-likeness (QED) is 0.606. The molecular formula is C13H17N3O3. The summed E-state index contributed by atoms with van der Waals surface area (Å²) in [7, 11) is 0. The predicted octanol–water partition coefficient (Wildman–Crippen LogP) is 1.84. The minimum absolute atomic E-state index is 0.0174. The zero-order valence-electron chi connectivity index (χ0n) is 10.8. The van der Waals surface area contributed by atoms with E-state index in [0.29, 0.717) is 17.2 Å². The SMILES string of the molecule is Cc1ccc(NC(=O)CNCC2CC2)cc1[N+](=O)[O-]. The number of anilines is 1. The molecule has 2 N–H and O–H groups in total. The van der Waals surface area contributed by atoms with Crippen LogP contribution in [0, 0.1) is 23.0 Å². The maximum absolute atomic E-state index is 11.6. The van der Waals surface area contributed by atoms with E-state index >= 15 is 0 Å². The van der Waals surface area contributed by atoms with Gasteiger partial charge in [-0.15, -0.1) is 0 Å². The second-order valence-corrected chi connectivity index (χ2v) is 4.88. The van der Waals surface area contributed by atoms with E-state index < -0.39 is 4.92 Å². The molecule has 102 valence electrons. The van der Waals surface area contributed by atoms with Crippen LogP contribution >= 0.6 is 0 Å². The standard InChI is InChI=1S/C13H17N3O3/c1-9-2-5-11(6-12(9)16(18)19)15-13(17)8-14-7-10-3-4-10/h2,5-6,10,14H,3-4,7-8H2,1H3,(H,15,17). The molecule has 0 saturated heterocycles. The lowest BCUT2D eigenvalue weighted by Crippen LogP contribution is -2.29. The Hall–Kier alpha value is -1.95. The van der Waals surface area contributed by atoms with Gasteiger partial charge in [-0.2, -0.15) is 0 Å². The van der Waals surface area contributed by atoms with Crippen LogP contribution in [0.3, 0.4) is 0 Å². The number of amides is 1. The zero-order valence-corrected chi connectivity index (χ0v) is 10.8. The van der Waals surface area contributed by atoms with Crippen molar-refractivity contribution in [3.05, 3.63) is 33.9 Å². The molecule has 0 spiro atoms. The monoisotopic (exact) mass is 263 g/mol. The fraction of sp³-hybridized carbons (Fsp3) is 0.462. The van der Waals surface area contributed by atoms with Gasteiger partial charge >= 0.3 is 0 Å². The van der Waals surface area contributed by atoms with E-state index in [1.54, 1.807) is 19.1 Å². The van der Waals surface area contributed by atoms with E-state index in [1.807, 2.05) is 0 Å². The van der Waals surface area contributed by atoms with Crippen molar-refractivity contribution in [1.82, 2.24) is 5.32 Å². The number of nitro groups is 1. The first-order chi connectivity index (χ1) is 9.06. The van der Waals surface area contributed by atoms with Crippen LogP contribution in [0.1, 0.15) is 18.4 Å². The van der Waals surface area contributed by atoms with Crippen molar-refractivity contribution in [2.24, 2.45) is 5.92 Å². The second-order valence-electron chi connectivity index (χ2n) is 4.88. The van der Waals surface area contributed by atoms with Crippen molar-refractivity contribution in [3.8, 4) is 0 Å². The number of nitrogens with zero attached hydrogens (tertiary/aromatic N) is 1. The Labute approximate surface area is 111 Å². The fourth-order valence-corrected chi connectivity index (χ4v) is 1.80. The highest BCUT2D eigenvalue weighted by Crippen LogP contribution is 2.27. The van der Waals surface area contributed by atoms with Crippen LogP contribution in [0.4, 0.5) is 11.4 Å². The summed E-state index contributed by atoms with van der Waals surface area (Å²) in [5.41, 5.74) is 1.05. The topological polar surface area (TPSA) is 84.3 Å². The molecule has 0 aromatic heterocycles. The maximum atomic E-state index is 11.6. The van der Waals surface area contributed by atoms with Gasteiger partial charge in [0.25, 0.3) is 5.69 Å². The summed E-state index contributed by atoms with van der Waals surface area (Å²) >= 11 is 0. The first-order valence-corrected chi connectivity index (χ1v) is 6.32. The van der Waals surface area contributed by atoms with Crippen LogP contribution in [0.25, 0.3) is 0 Å². The smallest absolute Gasteiger partial charge is 0.274 e. The van der Waals surface area contributed by atoms with E-state index in [-0.39, 0.29) is 18.1 Å². The highest BCUT2D eigenvalue weighted by Gasteiger charge is 2.20. The number of carbonyl (C=O) groups excluding carboxylic acids is 1. The van der Waals surface area contributed by atoms with Crippen LogP contribution in [-0.2, 0) is 4.79 Å². The molecule has 1 aliphatic rings. The molecule has 6 heteroatoms. The van der Waals surface area contributed by atoms with E-state index in [1.165, 1.54) is 18.9 Å². The molecular weight excluding hydrogens is 246 g/mol. The largest absolute Gasteiger partial charge is 0.325 e. The number of aryl methyl sites for hydroxylation is 1. The van der Waals surface area contributed by atoms with Crippen LogP contribution in [0.5, 0.6) is 0 Å². The fourth-order valence-electron chi connectivity index (χ4n) is 1.80. The minimum Gasteiger partial charge on any atom is -0.325 e. The first-order valence-electron chi connectivity index (χ1n) is 6.32. The van der Waals surface area contributed by atoms with Gasteiger partial charge < -0.3 is 10.6 Å². The van der Waals surface area contributed by atoms with Gasteiger partial charge in [0, 0.05) is 17.3 Å². The third-order valence-corrected chi connectivity index (χ3v) is 3.11. The summed E-state index contributed by atoms with van der Waals surface area (Å²) in [5, 5.41) is 16.5.